The van der Waals surface area contributed by atoms with Crippen LogP contribution in [0.15, 0.2) is 24.3 Å². The molecule has 0 spiro atoms. The Hall–Kier alpha value is -1.51. The zero-order valence-electron chi connectivity index (χ0n) is 11.5. The lowest BCUT2D eigenvalue weighted by atomic mass is 10.1. The third-order valence-corrected chi connectivity index (χ3v) is 2.64. The van der Waals surface area contributed by atoms with E-state index in [0.717, 1.165) is 11.1 Å². The molecule has 5 heteroatoms. The molecule has 2 nitrogen and oxygen atoms in total. The van der Waals surface area contributed by atoms with E-state index in [-0.39, 0.29) is 13.1 Å². The van der Waals surface area contributed by atoms with E-state index in [0.29, 0.717) is 13.0 Å². The molecule has 0 heterocycles. The minimum atomic E-state index is -4.16. The minimum Gasteiger partial charge on any atom is -0.320 e. The van der Waals surface area contributed by atoms with Crippen molar-refractivity contribution in [2.75, 3.05) is 19.6 Å². The minimum absolute atomic E-state index is 0.289. The van der Waals surface area contributed by atoms with Gasteiger partial charge in [-0.15, -0.1) is 0 Å². The van der Waals surface area contributed by atoms with Gasteiger partial charge in [0.05, 0.1) is 13.1 Å². The van der Waals surface area contributed by atoms with Crippen LogP contribution in [-0.2, 0) is 6.54 Å². The summed E-state index contributed by atoms with van der Waals surface area (Å²) in [5.41, 5.74) is 6.94. The van der Waals surface area contributed by atoms with Gasteiger partial charge in [0.2, 0.25) is 0 Å². The number of nitrogens with two attached hydrogens (primary N) is 1. The van der Waals surface area contributed by atoms with Gasteiger partial charge in [0.15, 0.2) is 0 Å². The Balaban J connectivity index is 2.68. The SMILES string of the molecule is CCCN(Cc1ccc(C#CCN)cc1)CC(F)(F)F. The number of rotatable bonds is 5. The molecule has 0 saturated carbocycles. The first kappa shape index (κ1) is 16.5. The van der Waals surface area contributed by atoms with E-state index in [9.17, 15) is 13.2 Å². The van der Waals surface area contributed by atoms with E-state index in [4.69, 9.17) is 5.73 Å². The van der Waals surface area contributed by atoms with Gasteiger partial charge in [0.25, 0.3) is 0 Å². The largest absolute Gasteiger partial charge is 0.401 e. The van der Waals surface area contributed by atoms with Crippen molar-refractivity contribution in [1.29, 1.82) is 0 Å². The summed E-state index contributed by atoms with van der Waals surface area (Å²) in [4.78, 5) is 1.40. The van der Waals surface area contributed by atoms with E-state index in [2.05, 4.69) is 11.8 Å². The molecule has 0 fully saturated rings. The molecule has 0 bridgehead atoms. The summed E-state index contributed by atoms with van der Waals surface area (Å²) in [6.07, 6.45) is -3.47. The fraction of sp³-hybridized carbons (Fsp3) is 0.467. The van der Waals surface area contributed by atoms with Gasteiger partial charge in [-0.3, -0.25) is 4.90 Å². The lowest BCUT2D eigenvalue weighted by Gasteiger charge is -2.23. The summed E-state index contributed by atoms with van der Waals surface area (Å²) in [5.74, 6) is 5.61. The number of alkyl halides is 3. The van der Waals surface area contributed by atoms with E-state index in [1.165, 1.54) is 4.90 Å². The van der Waals surface area contributed by atoms with Crippen LogP contribution in [0.5, 0.6) is 0 Å². The zero-order valence-corrected chi connectivity index (χ0v) is 11.5. The molecule has 0 unspecified atom stereocenters. The smallest absolute Gasteiger partial charge is 0.320 e. The van der Waals surface area contributed by atoms with Gasteiger partial charge in [-0.2, -0.15) is 13.2 Å². The van der Waals surface area contributed by atoms with Crippen molar-refractivity contribution in [2.24, 2.45) is 5.73 Å². The molecule has 1 rings (SSSR count). The molecule has 1 aromatic rings. The molecule has 0 amide bonds. The van der Waals surface area contributed by atoms with Gasteiger partial charge < -0.3 is 5.73 Å². The number of halogens is 3. The van der Waals surface area contributed by atoms with Crippen LogP contribution < -0.4 is 5.73 Å². The first-order chi connectivity index (χ1) is 9.44. The summed E-state index contributed by atoms with van der Waals surface area (Å²) in [6, 6.07) is 7.21. The standard InChI is InChI=1S/C15H19F3N2/c1-2-10-20(12-15(16,17)18)11-14-7-5-13(6-8-14)4-3-9-19/h5-8H,2,9-12,19H2,1H3. The van der Waals surface area contributed by atoms with Gasteiger partial charge in [-0.25, -0.2) is 0 Å². The number of hydrogen-bond donors (Lipinski definition) is 1. The highest BCUT2D eigenvalue weighted by Gasteiger charge is 2.30. The molecule has 0 aliphatic rings. The summed E-state index contributed by atoms with van der Waals surface area (Å²) in [5, 5.41) is 0. The van der Waals surface area contributed by atoms with Crippen LogP contribution in [0.2, 0.25) is 0 Å². The van der Waals surface area contributed by atoms with Gasteiger partial charge in [0.1, 0.15) is 0 Å². The Kier molecular flexibility index (Phi) is 6.56. The number of benzene rings is 1. The van der Waals surface area contributed by atoms with Gasteiger partial charge in [0, 0.05) is 12.1 Å². The third kappa shape index (κ3) is 6.60. The highest BCUT2D eigenvalue weighted by molar-refractivity contribution is 5.36. The Morgan fingerprint density at radius 1 is 1.20 bits per heavy atom. The van der Waals surface area contributed by atoms with Crippen molar-refractivity contribution >= 4 is 0 Å². The monoisotopic (exact) mass is 284 g/mol. The van der Waals surface area contributed by atoms with Crippen molar-refractivity contribution in [3.05, 3.63) is 35.4 Å². The first-order valence-corrected chi connectivity index (χ1v) is 6.51. The average Bonchev–Trinajstić information content (AvgIpc) is 2.36. The average molecular weight is 284 g/mol. The lowest BCUT2D eigenvalue weighted by Crippen LogP contribution is -2.34. The summed E-state index contributed by atoms with van der Waals surface area (Å²) in [7, 11) is 0. The maximum absolute atomic E-state index is 12.5. The van der Waals surface area contributed by atoms with Crippen molar-refractivity contribution < 1.29 is 13.2 Å². The predicted molar refractivity (Wildman–Crippen MR) is 74.0 cm³/mol. The highest BCUT2D eigenvalue weighted by Crippen LogP contribution is 2.18. The topological polar surface area (TPSA) is 29.3 Å². The summed E-state index contributed by atoms with van der Waals surface area (Å²) < 4.78 is 37.4. The van der Waals surface area contributed by atoms with Crippen LogP contribution in [0.3, 0.4) is 0 Å². The maximum Gasteiger partial charge on any atom is 0.401 e. The van der Waals surface area contributed by atoms with Gasteiger partial charge >= 0.3 is 6.18 Å². The maximum atomic E-state index is 12.5. The Morgan fingerprint density at radius 2 is 1.85 bits per heavy atom. The van der Waals surface area contributed by atoms with Crippen molar-refractivity contribution in [3.8, 4) is 11.8 Å². The molecule has 0 aliphatic heterocycles. The second kappa shape index (κ2) is 7.93. The molecule has 0 saturated heterocycles. The Labute approximate surface area is 117 Å². The van der Waals surface area contributed by atoms with Crippen LogP contribution in [0.25, 0.3) is 0 Å². The van der Waals surface area contributed by atoms with Crippen LogP contribution >= 0.6 is 0 Å². The van der Waals surface area contributed by atoms with Crippen molar-refractivity contribution in [3.63, 3.8) is 0 Å². The van der Waals surface area contributed by atoms with E-state index in [1.54, 1.807) is 24.3 Å². The molecule has 0 atom stereocenters. The highest BCUT2D eigenvalue weighted by atomic mass is 19.4. The first-order valence-electron chi connectivity index (χ1n) is 6.51. The van der Waals surface area contributed by atoms with Crippen LogP contribution in [0.4, 0.5) is 13.2 Å². The van der Waals surface area contributed by atoms with Crippen molar-refractivity contribution in [1.82, 2.24) is 4.90 Å². The van der Waals surface area contributed by atoms with E-state index in [1.807, 2.05) is 6.92 Å². The molecule has 0 radical (unpaired) electrons. The molecule has 1 aromatic carbocycles. The van der Waals surface area contributed by atoms with E-state index < -0.39 is 12.7 Å². The van der Waals surface area contributed by atoms with Gasteiger partial charge in [-0.05, 0) is 30.7 Å². The second-order valence-corrected chi connectivity index (χ2v) is 4.53. The lowest BCUT2D eigenvalue weighted by molar-refractivity contribution is -0.147. The van der Waals surface area contributed by atoms with Crippen LogP contribution in [-0.4, -0.2) is 30.7 Å². The molecular weight excluding hydrogens is 265 g/mol. The fourth-order valence-electron chi connectivity index (χ4n) is 1.89. The molecule has 0 aromatic heterocycles. The zero-order chi connectivity index (χ0) is 15.0. The van der Waals surface area contributed by atoms with Crippen LogP contribution in [0, 0.1) is 11.8 Å². The summed E-state index contributed by atoms with van der Waals surface area (Å²) >= 11 is 0. The Bertz CT molecular complexity index is 455. The summed E-state index contributed by atoms with van der Waals surface area (Å²) in [6.45, 7) is 1.99. The Morgan fingerprint density at radius 3 is 2.35 bits per heavy atom. The molecule has 2 N–H and O–H groups in total. The quantitative estimate of drug-likeness (QED) is 0.842. The molecule has 0 aliphatic carbocycles. The van der Waals surface area contributed by atoms with Crippen LogP contribution in [0.1, 0.15) is 24.5 Å². The third-order valence-electron chi connectivity index (χ3n) is 2.64. The number of hydrogen-bond acceptors (Lipinski definition) is 2. The molecule has 110 valence electrons. The molecular formula is C15H19F3N2. The normalized spacial score (nSPS) is 11.3. The fourth-order valence-corrected chi connectivity index (χ4v) is 1.89. The molecule has 20 heavy (non-hydrogen) atoms. The van der Waals surface area contributed by atoms with E-state index >= 15 is 0 Å². The van der Waals surface area contributed by atoms with Crippen molar-refractivity contribution in [2.45, 2.75) is 26.1 Å². The van der Waals surface area contributed by atoms with Gasteiger partial charge in [-0.1, -0.05) is 30.9 Å². The second-order valence-electron chi connectivity index (χ2n) is 4.53. The predicted octanol–water partition coefficient (Wildman–Crippen LogP) is 2.77. The number of nitrogens with zero attached hydrogens (tertiary/aromatic N) is 1.